The maximum absolute atomic E-state index is 14.4. The fourth-order valence-corrected chi connectivity index (χ4v) is 3.21. The first-order chi connectivity index (χ1) is 13.0. The molecular formula is C21H22FN3O2. The molecule has 0 fully saturated rings. The van der Waals surface area contributed by atoms with E-state index in [0.717, 1.165) is 23.6 Å². The summed E-state index contributed by atoms with van der Waals surface area (Å²) >= 11 is 0. The second-order valence-corrected chi connectivity index (χ2v) is 7.31. The van der Waals surface area contributed by atoms with Crippen molar-refractivity contribution in [2.24, 2.45) is 0 Å². The van der Waals surface area contributed by atoms with E-state index < -0.39 is 0 Å². The Morgan fingerprint density at radius 2 is 2.00 bits per heavy atom. The highest BCUT2D eigenvalue weighted by atomic mass is 19.1. The predicted octanol–water partition coefficient (Wildman–Crippen LogP) is 3.81. The topological polar surface area (TPSA) is 48.3 Å². The number of halogens is 1. The zero-order valence-corrected chi connectivity index (χ0v) is 15.4. The van der Waals surface area contributed by atoms with Crippen molar-refractivity contribution in [1.82, 2.24) is 14.9 Å². The molecule has 5 nitrogen and oxygen atoms in total. The van der Waals surface area contributed by atoms with Crippen molar-refractivity contribution in [3.05, 3.63) is 72.1 Å². The van der Waals surface area contributed by atoms with Gasteiger partial charge in [-0.3, -0.25) is 0 Å². The predicted molar refractivity (Wildman–Crippen MR) is 101 cm³/mol. The summed E-state index contributed by atoms with van der Waals surface area (Å²) in [7, 11) is 0. The molecule has 0 aliphatic carbocycles. The van der Waals surface area contributed by atoms with Crippen molar-refractivity contribution in [2.75, 3.05) is 13.3 Å². The lowest BCUT2D eigenvalue weighted by atomic mass is 9.84. The van der Waals surface area contributed by atoms with Gasteiger partial charge in [0.15, 0.2) is 11.5 Å². The van der Waals surface area contributed by atoms with E-state index in [-0.39, 0.29) is 18.0 Å². The average molecular weight is 367 g/mol. The standard InChI is InChI=1S/C21H22FN3O2/c1-21(2,16-4-6-19-20(10-16)27-14-26-19)12-24-11-15-3-5-18(17(22)9-15)25-8-7-23-13-25/h3-10,13,24H,11-12,14H2,1-2H3. The largest absolute Gasteiger partial charge is 0.454 e. The van der Waals surface area contributed by atoms with Gasteiger partial charge in [0.25, 0.3) is 0 Å². The van der Waals surface area contributed by atoms with Crippen molar-refractivity contribution >= 4 is 0 Å². The summed E-state index contributed by atoms with van der Waals surface area (Å²) in [6, 6.07) is 11.3. The van der Waals surface area contributed by atoms with Crippen LogP contribution in [0.5, 0.6) is 11.5 Å². The first kappa shape index (κ1) is 17.5. The first-order valence-corrected chi connectivity index (χ1v) is 8.90. The maximum atomic E-state index is 14.4. The smallest absolute Gasteiger partial charge is 0.231 e. The number of benzene rings is 2. The van der Waals surface area contributed by atoms with Crippen molar-refractivity contribution < 1.29 is 13.9 Å². The number of fused-ring (bicyclic) bond motifs is 1. The van der Waals surface area contributed by atoms with Gasteiger partial charge in [0.2, 0.25) is 6.79 Å². The highest BCUT2D eigenvalue weighted by molar-refractivity contribution is 5.46. The van der Waals surface area contributed by atoms with Gasteiger partial charge in [0.1, 0.15) is 5.82 Å². The monoisotopic (exact) mass is 367 g/mol. The van der Waals surface area contributed by atoms with E-state index in [0.29, 0.717) is 12.2 Å². The van der Waals surface area contributed by atoms with Crippen LogP contribution in [0.15, 0.2) is 55.1 Å². The summed E-state index contributed by atoms with van der Waals surface area (Å²) in [6.45, 7) is 5.95. The van der Waals surface area contributed by atoms with Gasteiger partial charge in [0.05, 0.1) is 12.0 Å². The third-order valence-electron chi connectivity index (χ3n) is 4.84. The summed E-state index contributed by atoms with van der Waals surface area (Å²) < 4.78 is 26.9. The van der Waals surface area contributed by atoms with Crippen molar-refractivity contribution in [3.8, 4) is 17.2 Å². The lowest BCUT2D eigenvalue weighted by Crippen LogP contribution is -2.32. The number of nitrogens with one attached hydrogen (secondary N) is 1. The van der Waals surface area contributed by atoms with Gasteiger partial charge in [-0.15, -0.1) is 0 Å². The highest BCUT2D eigenvalue weighted by Crippen LogP contribution is 2.36. The molecule has 1 aromatic heterocycles. The van der Waals surface area contributed by atoms with E-state index in [9.17, 15) is 4.39 Å². The summed E-state index contributed by atoms with van der Waals surface area (Å²) in [5.41, 5.74) is 2.46. The van der Waals surface area contributed by atoms with E-state index in [1.54, 1.807) is 35.4 Å². The summed E-state index contributed by atoms with van der Waals surface area (Å²) in [5.74, 6) is 1.32. The lowest BCUT2D eigenvalue weighted by Gasteiger charge is -2.26. The Balaban J connectivity index is 1.39. The third-order valence-corrected chi connectivity index (χ3v) is 4.84. The number of ether oxygens (including phenoxy) is 2. The molecule has 4 rings (SSSR count). The number of rotatable bonds is 6. The molecule has 0 spiro atoms. The molecule has 0 bridgehead atoms. The number of hydrogen-bond acceptors (Lipinski definition) is 4. The van der Waals surface area contributed by atoms with Crippen LogP contribution in [0.25, 0.3) is 5.69 Å². The average Bonchev–Trinajstić information content (AvgIpc) is 3.33. The third kappa shape index (κ3) is 3.66. The Hall–Kier alpha value is -2.86. The number of hydrogen-bond donors (Lipinski definition) is 1. The Bertz CT molecular complexity index is 939. The summed E-state index contributed by atoms with van der Waals surface area (Å²) in [6.07, 6.45) is 4.95. The van der Waals surface area contributed by atoms with Crippen molar-refractivity contribution in [2.45, 2.75) is 25.8 Å². The minimum atomic E-state index is -0.262. The van der Waals surface area contributed by atoms with Crippen molar-refractivity contribution in [1.29, 1.82) is 0 Å². The maximum Gasteiger partial charge on any atom is 0.231 e. The SMILES string of the molecule is CC(C)(CNCc1ccc(-n2ccnc2)c(F)c1)c1ccc2c(c1)OCO2. The highest BCUT2D eigenvalue weighted by Gasteiger charge is 2.23. The molecule has 2 aromatic carbocycles. The van der Waals surface area contributed by atoms with Gasteiger partial charge >= 0.3 is 0 Å². The van der Waals surface area contributed by atoms with Crippen LogP contribution in [0.4, 0.5) is 4.39 Å². The second-order valence-electron chi connectivity index (χ2n) is 7.31. The number of nitrogens with zero attached hydrogens (tertiary/aromatic N) is 2. The van der Waals surface area contributed by atoms with Crippen LogP contribution in [-0.4, -0.2) is 22.9 Å². The normalized spacial score (nSPS) is 13.1. The molecule has 6 heteroatoms. The molecule has 27 heavy (non-hydrogen) atoms. The van der Waals surface area contributed by atoms with Crippen LogP contribution in [-0.2, 0) is 12.0 Å². The van der Waals surface area contributed by atoms with Crippen LogP contribution >= 0.6 is 0 Å². The minimum Gasteiger partial charge on any atom is -0.454 e. The first-order valence-electron chi connectivity index (χ1n) is 8.90. The summed E-state index contributed by atoms with van der Waals surface area (Å²) in [5, 5.41) is 3.43. The van der Waals surface area contributed by atoms with E-state index in [1.165, 1.54) is 5.56 Å². The van der Waals surface area contributed by atoms with Gasteiger partial charge in [-0.25, -0.2) is 9.37 Å². The Labute approximate surface area is 157 Å². The Kier molecular flexibility index (Phi) is 4.58. The van der Waals surface area contributed by atoms with Gasteiger partial charge in [-0.05, 0) is 35.4 Å². The van der Waals surface area contributed by atoms with Crippen LogP contribution in [0.3, 0.4) is 0 Å². The molecule has 0 amide bonds. The van der Waals surface area contributed by atoms with Gasteiger partial charge in [-0.1, -0.05) is 26.0 Å². The minimum absolute atomic E-state index is 0.101. The van der Waals surface area contributed by atoms with Crippen LogP contribution in [0.1, 0.15) is 25.0 Å². The molecule has 1 aliphatic heterocycles. The molecule has 0 unspecified atom stereocenters. The summed E-state index contributed by atoms with van der Waals surface area (Å²) in [4.78, 5) is 3.96. The van der Waals surface area contributed by atoms with E-state index in [4.69, 9.17) is 9.47 Å². The van der Waals surface area contributed by atoms with Gasteiger partial charge < -0.3 is 19.4 Å². The molecule has 0 saturated carbocycles. The van der Waals surface area contributed by atoms with Crippen LogP contribution < -0.4 is 14.8 Å². The quantitative estimate of drug-likeness (QED) is 0.720. The molecule has 1 N–H and O–H groups in total. The Morgan fingerprint density at radius 1 is 1.15 bits per heavy atom. The fourth-order valence-electron chi connectivity index (χ4n) is 3.21. The number of imidazole rings is 1. The molecular weight excluding hydrogens is 345 g/mol. The molecule has 0 saturated heterocycles. The number of aromatic nitrogens is 2. The van der Waals surface area contributed by atoms with Gasteiger partial charge in [0, 0.05) is 30.9 Å². The van der Waals surface area contributed by atoms with Crippen LogP contribution in [0, 0.1) is 5.82 Å². The second kappa shape index (κ2) is 7.04. The van der Waals surface area contributed by atoms with E-state index in [2.05, 4.69) is 30.2 Å². The fraction of sp³-hybridized carbons (Fsp3) is 0.286. The molecule has 3 aromatic rings. The van der Waals surface area contributed by atoms with E-state index in [1.807, 2.05) is 18.2 Å². The molecule has 140 valence electrons. The lowest BCUT2D eigenvalue weighted by molar-refractivity contribution is 0.174. The zero-order chi connectivity index (χ0) is 18.9. The van der Waals surface area contributed by atoms with Crippen molar-refractivity contribution in [3.63, 3.8) is 0 Å². The molecule has 0 radical (unpaired) electrons. The van der Waals surface area contributed by atoms with Gasteiger partial charge in [-0.2, -0.15) is 0 Å². The molecule has 0 atom stereocenters. The van der Waals surface area contributed by atoms with Crippen LogP contribution in [0.2, 0.25) is 0 Å². The van der Waals surface area contributed by atoms with E-state index >= 15 is 0 Å². The molecule has 1 aliphatic rings. The molecule has 2 heterocycles. The Morgan fingerprint density at radius 3 is 2.78 bits per heavy atom. The zero-order valence-electron chi connectivity index (χ0n) is 15.4.